The van der Waals surface area contributed by atoms with Crippen LogP contribution in [0.3, 0.4) is 0 Å². The van der Waals surface area contributed by atoms with E-state index in [1.807, 2.05) is 37.3 Å². The van der Waals surface area contributed by atoms with Crippen LogP contribution in [0, 0.1) is 5.41 Å². The number of methoxy groups -OCH3 is 1. The van der Waals surface area contributed by atoms with Crippen molar-refractivity contribution in [2.75, 3.05) is 19.1 Å². The Morgan fingerprint density at radius 3 is 2.36 bits per heavy atom. The lowest BCUT2D eigenvalue weighted by Crippen LogP contribution is -2.51. The number of para-hydroxylation sites is 1. The summed E-state index contributed by atoms with van der Waals surface area (Å²) in [6.07, 6.45) is 3.94. The van der Waals surface area contributed by atoms with Gasteiger partial charge in [0.25, 0.3) is 0 Å². The number of allylic oxidation sites excluding steroid dienone is 1. The molecule has 1 amide bonds. The van der Waals surface area contributed by atoms with Crippen LogP contribution in [0.1, 0.15) is 27.7 Å². The van der Waals surface area contributed by atoms with Crippen molar-refractivity contribution in [2.24, 2.45) is 5.41 Å². The summed E-state index contributed by atoms with van der Waals surface area (Å²) in [5, 5.41) is 0. The highest BCUT2D eigenvalue weighted by molar-refractivity contribution is 5.92. The normalized spacial score (nSPS) is 22.5. The van der Waals surface area contributed by atoms with Crippen LogP contribution in [0.25, 0.3) is 0 Å². The van der Waals surface area contributed by atoms with Gasteiger partial charge in [-0.05, 0) is 24.6 Å². The summed E-state index contributed by atoms with van der Waals surface area (Å²) < 4.78 is 5.87. The Kier molecular flexibility index (Phi) is 6.03. The summed E-state index contributed by atoms with van der Waals surface area (Å²) in [4.78, 5) is 19.4. The lowest BCUT2D eigenvalue weighted by molar-refractivity contribution is -0.117. The number of carbonyl (C=O) groups is 1. The topological polar surface area (TPSA) is 50.8 Å². The number of nitrogens with zero attached hydrogens (tertiary/aromatic N) is 1. The first kappa shape index (κ1) is 19.2. The molecule has 1 aromatic carbocycles. The molecule has 0 saturated carbocycles. The molecule has 1 aliphatic carbocycles. The highest BCUT2D eigenvalue weighted by Gasteiger charge is 2.40. The Hall–Kier alpha value is -2.11. The molecule has 1 N–H and O–H groups in total. The van der Waals surface area contributed by atoms with E-state index in [9.17, 15) is 4.79 Å². The molecule has 0 aliphatic heterocycles. The van der Waals surface area contributed by atoms with E-state index >= 15 is 0 Å². The second-order valence-electron chi connectivity index (χ2n) is 6.91. The minimum atomic E-state index is -0.322. The van der Waals surface area contributed by atoms with Gasteiger partial charge in [-0.3, -0.25) is 15.1 Å². The number of hydrogen-bond donors (Lipinski definition) is 1. The molecular weight excluding hydrogens is 316 g/mol. The molecule has 0 spiro atoms. The Morgan fingerprint density at radius 2 is 1.84 bits per heavy atom. The first-order valence-corrected chi connectivity index (χ1v) is 8.40. The summed E-state index contributed by atoms with van der Waals surface area (Å²) in [5.74, 6) is -0.0266. The number of carbonyl (C=O) groups excluding carboxylic acids is 1. The van der Waals surface area contributed by atoms with Gasteiger partial charge in [0, 0.05) is 25.1 Å². The van der Waals surface area contributed by atoms with Crippen LogP contribution in [-0.4, -0.2) is 32.3 Å². The van der Waals surface area contributed by atoms with Gasteiger partial charge in [-0.25, -0.2) is 0 Å². The van der Waals surface area contributed by atoms with Gasteiger partial charge in [0.2, 0.25) is 5.91 Å². The van der Waals surface area contributed by atoms with E-state index in [-0.39, 0.29) is 23.5 Å². The summed E-state index contributed by atoms with van der Waals surface area (Å²) in [7, 11) is 3.28. The summed E-state index contributed by atoms with van der Waals surface area (Å²) in [6.45, 7) is 7.79. The van der Waals surface area contributed by atoms with Crippen LogP contribution in [0.5, 0.6) is 0 Å². The fourth-order valence-electron chi connectivity index (χ4n) is 3.47. The number of nitrogens with one attached hydrogen (secondary N) is 1. The van der Waals surface area contributed by atoms with Gasteiger partial charge >= 0.3 is 0 Å². The number of anilines is 1. The molecule has 0 aromatic heterocycles. The van der Waals surface area contributed by atoms with Gasteiger partial charge in [0.15, 0.2) is 0 Å². The van der Waals surface area contributed by atoms with Gasteiger partial charge in [-0.15, -0.1) is 0 Å². The highest BCUT2D eigenvalue weighted by atomic mass is 16.6. The van der Waals surface area contributed by atoms with Crippen LogP contribution in [-0.2, 0) is 14.4 Å². The second-order valence-corrected chi connectivity index (χ2v) is 6.91. The Bertz CT molecular complexity index is 665. The zero-order chi connectivity index (χ0) is 18.6. The van der Waals surface area contributed by atoms with Crippen LogP contribution in [0.2, 0.25) is 0 Å². The molecule has 0 radical (unpaired) electrons. The van der Waals surface area contributed by atoms with E-state index in [2.05, 4.69) is 31.5 Å². The van der Waals surface area contributed by atoms with Crippen molar-refractivity contribution in [1.29, 1.82) is 0 Å². The Balaban J connectivity index is 2.58. The van der Waals surface area contributed by atoms with Crippen LogP contribution in [0.15, 0.2) is 53.8 Å². The van der Waals surface area contributed by atoms with Crippen LogP contribution >= 0.6 is 0 Å². The number of amides is 1. The van der Waals surface area contributed by atoms with E-state index in [4.69, 9.17) is 9.57 Å². The number of hydrogen-bond acceptors (Lipinski definition) is 4. The SMILES string of the molecule is CONC1=CC(C)(C)C(OC)C(N(C(C)=O)c2ccccc2)C=C1C. The smallest absolute Gasteiger partial charge is 0.224 e. The van der Waals surface area contributed by atoms with Crippen molar-refractivity contribution >= 4 is 11.6 Å². The quantitative estimate of drug-likeness (QED) is 0.831. The summed E-state index contributed by atoms with van der Waals surface area (Å²) >= 11 is 0. The molecular formula is C20H28N2O3. The largest absolute Gasteiger partial charge is 0.378 e. The van der Waals surface area contributed by atoms with Crippen LogP contribution < -0.4 is 10.4 Å². The minimum absolute atomic E-state index is 0.0266. The fraction of sp³-hybridized carbons (Fsp3) is 0.450. The van der Waals surface area contributed by atoms with E-state index in [1.165, 1.54) is 0 Å². The lowest BCUT2D eigenvalue weighted by Gasteiger charge is -2.40. The number of hydroxylamine groups is 1. The molecule has 0 bridgehead atoms. The molecule has 1 aliphatic rings. The van der Waals surface area contributed by atoms with Gasteiger partial charge in [-0.2, -0.15) is 0 Å². The van der Waals surface area contributed by atoms with Gasteiger partial charge in [0.05, 0.1) is 25.0 Å². The van der Waals surface area contributed by atoms with Gasteiger partial charge in [-0.1, -0.05) is 44.2 Å². The van der Waals surface area contributed by atoms with Gasteiger partial charge in [0.1, 0.15) is 0 Å². The highest BCUT2D eigenvalue weighted by Crippen LogP contribution is 2.37. The molecule has 5 heteroatoms. The van der Waals surface area contributed by atoms with E-state index in [0.717, 1.165) is 17.0 Å². The van der Waals surface area contributed by atoms with E-state index in [1.54, 1.807) is 26.0 Å². The van der Waals surface area contributed by atoms with E-state index < -0.39 is 0 Å². The molecule has 25 heavy (non-hydrogen) atoms. The van der Waals surface area contributed by atoms with Gasteiger partial charge < -0.3 is 9.64 Å². The average molecular weight is 344 g/mol. The molecule has 2 rings (SSSR count). The standard InChI is InChI=1S/C20H28N2O3/c1-14-12-18(22(15(2)23)16-10-8-7-9-11-16)19(24-5)20(3,4)13-17(14)21-25-6/h7-13,18-19,21H,1-6H3. The molecule has 5 nitrogen and oxygen atoms in total. The summed E-state index contributed by atoms with van der Waals surface area (Å²) in [5.41, 5.74) is 5.35. The average Bonchev–Trinajstić information content (AvgIpc) is 2.63. The molecule has 2 atom stereocenters. The molecule has 0 heterocycles. The maximum absolute atomic E-state index is 12.5. The van der Waals surface area contributed by atoms with Crippen molar-refractivity contribution in [2.45, 2.75) is 39.8 Å². The third-order valence-electron chi connectivity index (χ3n) is 4.54. The lowest BCUT2D eigenvalue weighted by atomic mass is 9.82. The minimum Gasteiger partial charge on any atom is -0.378 e. The molecule has 2 unspecified atom stereocenters. The van der Waals surface area contributed by atoms with Crippen molar-refractivity contribution in [1.82, 2.24) is 5.48 Å². The van der Waals surface area contributed by atoms with E-state index in [0.29, 0.717) is 0 Å². The van der Waals surface area contributed by atoms with Crippen molar-refractivity contribution in [3.8, 4) is 0 Å². The Labute approximate surface area is 150 Å². The van der Waals surface area contributed by atoms with Crippen LogP contribution in [0.4, 0.5) is 5.69 Å². The fourth-order valence-corrected chi connectivity index (χ4v) is 3.47. The zero-order valence-electron chi connectivity index (χ0n) is 15.9. The third kappa shape index (κ3) is 4.11. The predicted octanol–water partition coefficient (Wildman–Crippen LogP) is 3.44. The number of rotatable bonds is 5. The number of ether oxygens (including phenoxy) is 1. The first-order valence-electron chi connectivity index (χ1n) is 8.40. The maximum atomic E-state index is 12.5. The maximum Gasteiger partial charge on any atom is 0.224 e. The monoisotopic (exact) mass is 344 g/mol. The first-order chi connectivity index (χ1) is 11.8. The van der Waals surface area contributed by atoms with Crippen molar-refractivity contribution < 1.29 is 14.4 Å². The Morgan fingerprint density at radius 1 is 1.20 bits per heavy atom. The predicted molar refractivity (Wildman–Crippen MR) is 100.0 cm³/mol. The molecule has 0 saturated heterocycles. The van der Waals surface area contributed by atoms with Crippen molar-refractivity contribution in [3.63, 3.8) is 0 Å². The third-order valence-corrected chi connectivity index (χ3v) is 4.54. The molecule has 0 fully saturated rings. The summed E-state index contributed by atoms with van der Waals surface area (Å²) in [6, 6.07) is 9.44. The second kappa shape index (κ2) is 7.85. The number of benzene rings is 1. The molecule has 136 valence electrons. The van der Waals surface area contributed by atoms with Crippen molar-refractivity contribution in [3.05, 3.63) is 53.8 Å². The molecule has 1 aromatic rings. The zero-order valence-corrected chi connectivity index (χ0v) is 15.9.